The molecule has 2 N–H and O–H groups in total. The van der Waals surface area contributed by atoms with Crippen molar-refractivity contribution in [1.29, 1.82) is 0 Å². The number of hydrogen-bond acceptors (Lipinski definition) is 4. The van der Waals surface area contributed by atoms with E-state index in [1.165, 1.54) is 0 Å². The number of unbranched alkanes of at least 4 members (excludes halogenated alkanes) is 1. The van der Waals surface area contributed by atoms with Crippen LogP contribution in [-0.4, -0.2) is 64.4 Å². The van der Waals surface area contributed by atoms with Crippen LogP contribution in [0.4, 0.5) is 0 Å². The highest BCUT2D eigenvalue weighted by Gasteiger charge is 2.00. The lowest BCUT2D eigenvalue weighted by Gasteiger charge is -2.12. The average molecular weight is 492 g/mol. The van der Waals surface area contributed by atoms with Gasteiger partial charge in [0.05, 0.1) is 6.54 Å². The van der Waals surface area contributed by atoms with Crippen molar-refractivity contribution < 1.29 is 9.47 Å². The monoisotopic (exact) mass is 492 g/mol. The number of guanidine groups is 1. The van der Waals surface area contributed by atoms with Crippen LogP contribution in [0.5, 0.6) is 5.75 Å². The average Bonchev–Trinajstić information content (AvgIpc) is 2.62. The number of hydrogen-bond donors (Lipinski definition) is 2. The van der Waals surface area contributed by atoms with Crippen molar-refractivity contribution in [2.75, 3.05) is 53.6 Å². The summed E-state index contributed by atoms with van der Waals surface area (Å²) < 4.78 is 11.1. The summed E-state index contributed by atoms with van der Waals surface area (Å²) in [5.41, 5.74) is 1.14. The summed E-state index contributed by atoms with van der Waals surface area (Å²) in [4.78, 5) is 6.77. The van der Waals surface area contributed by atoms with Gasteiger partial charge in [0.25, 0.3) is 0 Å². The van der Waals surface area contributed by atoms with Gasteiger partial charge in [0, 0.05) is 32.8 Å². The van der Waals surface area contributed by atoms with Crippen molar-refractivity contribution in [3.8, 4) is 5.75 Å². The predicted molar refractivity (Wildman–Crippen MR) is 124 cm³/mol. The highest BCUT2D eigenvalue weighted by atomic mass is 127. The minimum Gasteiger partial charge on any atom is -0.492 e. The molecule has 0 unspecified atom stereocenters. The molecule has 1 rings (SSSR count). The van der Waals surface area contributed by atoms with Crippen molar-refractivity contribution >= 4 is 29.9 Å². The van der Waals surface area contributed by atoms with Gasteiger partial charge in [-0.05, 0) is 58.5 Å². The molecule has 1 aromatic carbocycles. The van der Waals surface area contributed by atoms with Crippen LogP contribution in [0.1, 0.15) is 32.3 Å². The molecule has 0 aromatic heterocycles. The summed E-state index contributed by atoms with van der Waals surface area (Å²) >= 11 is 0. The number of rotatable bonds is 13. The van der Waals surface area contributed by atoms with E-state index < -0.39 is 0 Å². The Bertz CT molecular complexity index is 513. The lowest BCUT2D eigenvalue weighted by Crippen LogP contribution is -2.37. The third-order valence-electron chi connectivity index (χ3n) is 3.68. The van der Waals surface area contributed by atoms with Gasteiger partial charge in [0.15, 0.2) is 5.96 Å². The Morgan fingerprint density at radius 3 is 2.63 bits per heavy atom. The number of benzene rings is 1. The summed E-state index contributed by atoms with van der Waals surface area (Å²) in [6.45, 7) is 9.67. The first-order valence-electron chi connectivity index (χ1n) is 9.62. The highest BCUT2D eigenvalue weighted by molar-refractivity contribution is 14.0. The maximum atomic E-state index is 5.79. The second-order valence-electron chi connectivity index (χ2n) is 6.33. The minimum atomic E-state index is 0. The van der Waals surface area contributed by atoms with Crippen molar-refractivity contribution in [2.24, 2.45) is 4.99 Å². The number of halogens is 1. The molecule has 0 aliphatic carbocycles. The standard InChI is InChI=1S/C20H36N4O2.HI/c1-5-21-20(22-12-7-8-14-25-6-2)23-17-18-10-9-11-19(16-18)26-15-13-24(3)4;/h9-11,16H,5-8,12-15,17H2,1-4H3,(H2,21,22,23);1H. The molecule has 0 bridgehead atoms. The molecule has 0 saturated carbocycles. The molecule has 0 radical (unpaired) electrons. The molecule has 0 aliphatic rings. The third kappa shape index (κ3) is 13.7. The largest absolute Gasteiger partial charge is 0.492 e. The molecular formula is C20H37IN4O2. The quantitative estimate of drug-likeness (QED) is 0.192. The van der Waals surface area contributed by atoms with Crippen LogP contribution in [0, 0.1) is 0 Å². The topological polar surface area (TPSA) is 58.1 Å². The first kappa shape index (κ1) is 25.9. The van der Waals surface area contributed by atoms with Gasteiger partial charge in [-0.2, -0.15) is 0 Å². The summed E-state index contributed by atoms with van der Waals surface area (Å²) in [6.07, 6.45) is 2.13. The van der Waals surface area contributed by atoms with Gasteiger partial charge >= 0.3 is 0 Å². The molecule has 0 atom stereocenters. The molecule has 1 aromatic rings. The molecule has 156 valence electrons. The lowest BCUT2D eigenvalue weighted by atomic mass is 10.2. The number of nitrogens with one attached hydrogen (secondary N) is 2. The Hall–Kier alpha value is -1.06. The maximum absolute atomic E-state index is 5.79. The van der Waals surface area contributed by atoms with Crippen LogP contribution in [0.15, 0.2) is 29.3 Å². The molecule has 0 aliphatic heterocycles. The summed E-state index contributed by atoms with van der Waals surface area (Å²) in [5, 5.41) is 6.66. The van der Waals surface area contributed by atoms with Crippen LogP contribution in [0.3, 0.4) is 0 Å². The Morgan fingerprint density at radius 2 is 1.93 bits per heavy atom. The van der Waals surface area contributed by atoms with Gasteiger partial charge < -0.3 is 25.0 Å². The highest BCUT2D eigenvalue weighted by Crippen LogP contribution is 2.14. The van der Waals surface area contributed by atoms with E-state index in [4.69, 9.17) is 9.47 Å². The summed E-state index contributed by atoms with van der Waals surface area (Å²) in [5.74, 6) is 1.75. The molecule has 7 heteroatoms. The van der Waals surface area contributed by atoms with Crippen LogP contribution in [-0.2, 0) is 11.3 Å². The SMILES string of the molecule is CCNC(=NCc1cccc(OCCN(C)C)c1)NCCCCOCC.I. The van der Waals surface area contributed by atoms with E-state index >= 15 is 0 Å². The Morgan fingerprint density at radius 1 is 1.11 bits per heavy atom. The molecule has 6 nitrogen and oxygen atoms in total. The molecule has 0 fully saturated rings. The molecule has 0 heterocycles. The van der Waals surface area contributed by atoms with Gasteiger partial charge in [-0.1, -0.05) is 12.1 Å². The molecule has 27 heavy (non-hydrogen) atoms. The zero-order valence-electron chi connectivity index (χ0n) is 17.3. The van der Waals surface area contributed by atoms with Gasteiger partial charge in [0.1, 0.15) is 12.4 Å². The number of likely N-dealkylation sites (N-methyl/N-ethyl adjacent to an activating group) is 1. The summed E-state index contributed by atoms with van der Waals surface area (Å²) in [6, 6.07) is 8.15. The zero-order chi connectivity index (χ0) is 19.0. The van der Waals surface area contributed by atoms with E-state index in [2.05, 4.69) is 39.6 Å². The van der Waals surface area contributed by atoms with Gasteiger partial charge in [-0.25, -0.2) is 4.99 Å². The van der Waals surface area contributed by atoms with E-state index in [1.807, 2.05) is 33.2 Å². The van der Waals surface area contributed by atoms with E-state index in [-0.39, 0.29) is 24.0 Å². The number of nitrogens with zero attached hydrogens (tertiary/aromatic N) is 2. The zero-order valence-corrected chi connectivity index (χ0v) is 19.6. The maximum Gasteiger partial charge on any atom is 0.191 e. The Balaban J connectivity index is 0.00000676. The van der Waals surface area contributed by atoms with Crippen LogP contribution in [0.25, 0.3) is 0 Å². The van der Waals surface area contributed by atoms with Crippen molar-refractivity contribution in [2.45, 2.75) is 33.2 Å². The van der Waals surface area contributed by atoms with Crippen LogP contribution >= 0.6 is 24.0 Å². The van der Waals surface area contributed by atoms with Crippen LogP contribution < -0.4 is 15.4 Å². The smallest absolute Gasteiger partial charge is 0.191 e. The second-order valence-corrected chi connectivity index (χ2v) is 6.33. The Kier molecular flexibility index (Phi) is 16.4. The fourth-order valence-corrected chi connectivity index (χ4v) is 2.27. The number of aliphatic imine (C=N–C) groups is 1. The fourth-order valence-electron chi connectivity index (χ4n) is 2.27. The molecular weight excluding hydrogens is 455 g/mol. The van der Waals surface area contributed by atoms with Crippen molar-refractivity contribution in [3.63, 3.8) is 0 Å². The first-order chi connectivity index (χ1) is 12.7. The molecule has 0 saturated heterocycles. The van der Waals surface area contributed by atoms with Gasteiger partial charge in [-0.15, -0.1) is 24.0 Å². The second kappa shape index (κ2) is 17.1. The van der Waals surface area contributed by atoms with Crippen molar-refractivity contribution in [3.05, 3.63) is 29.8 Å². The summed E-state index contributed by atoms with van der Waals surface area (Å²) in [7, 11) is 4.08. The third-order valence-corrected chi connectivity index (χ3v) is 3.68. The van der Waals surface area contributed by atoms with E-state index in [0.29, 0.717) is 13.2 Å². The Labute approximate surface area is 182 Å². The molecule has 0 amide bonds. The van der Waals surface area contributed by atoms with Gasteiger partial charge in [0.2, 0.25) is 0 Å². The number of ether oxygens (including phenoxy) is 2. The fraction of sp³-hybridized carbons (Fsp3) is 0.650. The van der Waals surface area contributed by atoms with E-state index in [1.54, 1.807) is 0 Å². The van der Waals surface area contributed by atoms with E-state index in [9.17, 15) is 0 Å². The predicted octanol–water partition coefficient (Wildman–Crippen LogP) is 3.12. The van der Waals surface area contributed by atoms with Crippen molar-refractivity contribution in [1.82, 2.24) is 15.5 Å². The first-order valence-corrected chi connectivity index (χ1v) is 9.62. The van der Waals surface area contributed by atoms with Gasteiger partial charge in [-0.3, -0.25) is 0 Å². The molecule has 0 spiro atoms. The van der Waals surface area contributed by atoms with E-state index in [0.717, 1.165) is 63.0 Å². The van der Waals surface area contributed by atoms with Crippen LogP contribution in [0.2, 0.25) is 0 Å². The minimum absolute atomic E-state index is 0. The lowest BCUT2D eigenvalue weighted by molar-refractivity contribution is 0.143. The normalized spacial score (nSPS) is 11.2.